The molecule has 1 aromatic rings. The number of nitrogens with zero attached hydrogens (tertiary/aromatic N) is 2. The maximum absolute atomic E-state index is 12.4. The fourth-order valence-electron chi connectivity index (χ4n) is 2.72. The van der Waals surface area contributed by atoms with E-state index in [9.17, 15) is 13.2 Å². The number of halogens is 3. The summed E-state index contributed by atoms with van der Waals surface area (Å²) in [5.74, 6) is -0.139. The van der Waals surface area contributed by atoms with Crippen LogP contribution >= 0.6 is 0 Å². The second-order valence-electron chi connectivity index (χ2n) is 6.08. The average molecular weight is 342 g/mol. The van der Waals surface area contributed by atoms with Crippen LogP contribution in [0.15, 0.2) is 24.3 Å². The number of alkyl halides is 3. The highest BCUT2D eigenvalue weighted by molar-refractivity contribution is 5.33. The van der Waals surface area contributed by atoms with Gasteiger partial charge in [0.2, 0.25) is 0 Å². The lowest BCUT2D eigenvalue weighted by atomic mass is 9.78. The van der Waals surface area contributed by atoms with Crippen LogP contribution in [0.5, 0.6) is 5.75 Å². The Balaban J connectivity index is 0.00000139. The van der Waals surface area contributed by atoms with E-state index in [2.05, 4.69) is 22.6 Å². The molecule has 1 fully saturated rings. The average Bonchev–Trinajstić information content (AvgIpc) is 2.52. The van der Waals surface area contributed by atoms with E-state index in [1.54, 1.807) is 12.1 Å². The van der Waals surface area contributed by atoms with Gasteiger partial charge in [0.25, 0.3) is 0 Å². The molecule has 1 aromatic carbocycles. The van der Waals surface area contributed by atoms with Crippen LogP contribution in [0.2, 0.25) is 0 Å². The minimum absolute atomic E-state index is 0.0211. The maximum atomic E-state index is 12.4. The summed E-state index contributed by atoms with van der Waals surface area (Å²) in [6, 6.07) is 8.45. The van der Waals surface area contributed by atoms with Crippen molar-refractivity contribution >= 4 is 0 Å². The summed E-state index contributed by atoms with van der Waals surface area (Å²) in [5.41, 5.74) is 0.552. The van der Waals surface area contributed by atoms with E-state index >= 15 is 0 Å². The van der Waals surface area contributed by atoms with Crippen LogP contribution in [0.3, 0.4) is 0 Å². The molecule has 1 saturated heterocycles. The third-order valence-corrected chi connectivity index (χ3v) is 4.16. The molecule has 0 radical (unpaired) electrons. The highest BCUT2D eigenvalue weighted by Crippen LogP contribution is 2.35. The summed E-state index contributed by atoms with van der Waals surface area (Å²) in [5, 5.41) is 8.84. The largest absolute Gasteiger partial charge is 0.573 e. The fourth-order valence-corrected chi connectivity index (χ4v) is 2.72. The Bertz CT molecular complexity index is 544. The maximum Gasteiger partial charge on any atom is 0.573 e. The van der Waals surface area contributed by atoms with Gasteiger partial charge in [-0.1, -0.05) is 39.0 Å². The summed E-state index contributed by atoms with van der Waals surface area (Å²) in [4.78, 5) is 2.11. The van der Waals surface area contributed by atoms with E-state index in [0.29, 0.717) is 18.5 Å². The SMILES string of the molecule is CC.CC1(CC#N)CCN(Cc2ccccc2OC(F)(F)F)CC1. The van der Waals surface area contributed by atoms with Gasteiger partial charge in [-0.3, -0.25) is 4.90 Å². The van der Waals surface area contributed by atoms with Crippen molar-refractivity contribution in [1.82, 2.24) is 4.90 Å². The quantitative estimate of drug-likeness (QED) is 0.761. The first kappa shape index (κ1) is 20.3. The minimum Gasteiger partial charge on any atom is -0.405 e. The first-order valence-corrected chi connectivity index (χ1v) is 8.24. The Morgan fingerprint density at radius 3 is 2.33 bits per heavy atom. The second-order valence-corrected chi connectivity index (χ2v) is 6.08. The Morgan fingerprint density at radius 1 is 1.21 bits per heavy atom. The molecule has 6 heteroatoms. The van der Waals surface area contributed by atoms with Gasteiger partial charge in [0.15, 0.2) is 0 Å². The molecular formula is C18H25F3N2O. The molecule has 0 atom stereocenters. The highest BCUT2D eigenvalue weighted by Gasteiger charge is 2.33. The van der Waals surface area contributed by atoms with E-state index < -0.39 is 6.36 Å². The monoisotopic (exact) mass is 342 g/mol. The van der Waals surface area contributed by atoms with Crippen LogP contribution in [0.4, 0.5) is 13.2 Å². The number of hydrogen-bond acceptors (Lipinski definition) is 3. The molecule has 0 N–H and O–H groups in total. The first-order chi connectivity index (χ1) is 11.3. The molecule has 0 saturated carbocycles. The van der Waals surface area contributed by atoms with Crippen molar-refractivity contribution in [1.29, 1.82) is 5.26 Å². The van der Waals surface area contributed by atoms with Gasteiger partial charge in [0.05, 0.1) is 6.07 Å². The van der Waals surface area contributed by atoms with Crippen LogP contribution in [0.25, 0.3) is 0 Å². The molecule has 3 nitrogen and oxygen atoms in total. The van der Waals surface area contributed by atoms with E-state index in [4.69, 9.17) is 5.26 Å². The minimum atomic E-state index is -4.68. The number of likely N-dealkylation sites (tertiary alicyclic amines) is 1. The molecule has 24 heavy (non-hydrogen) atoms. The zero-order chi connectivity index (χ0) is 18.2. The molecule has 0 unspecified atom stereocenters. The van der Waals surface area contributed by atoms with E-state index in [1.165, 1.54) is 12.1 Å². The Kier molecular flexibility index (Phi) is 7.56. The van der Waals surface area contributed by atoms with Gasteiger partial charge in [-0.2, -0.15) is 5.26 Å². The smallest absolute Gasteiger partial charge is 0.405 e. The van der Waals surface area contributed by atoms with Crippen molar-refractivity contribution in [3.63, 3.8) is 0 Å². The molecule has 1 aliphatic heterocycles. The number of ether oxygens (including phenoxy) is 1. The third kappa shape index (κ3) is 6.40. The number of piperidine rings is 1. The van der Waals surface area contributed by atoms with Crippen molar-refractivity contribution in [2.75, 3.05) is 13.1 Å². The van der Waals surface area contributed by atoms with Crippen molar-refractivity contribution in [2.24, 2.45) is 5.41 Å². The number of nitriles is 1. The number of para-hydroxylation sites is 1. The van der Waals surface area contributed by atoms with E-state index in [0.717, 1.165) is 25.9 Å². The normalized spacial score (nSPS) is 17.4. The summed E-state index contributed by atoms with van der Waals surface area (Å²) >= 11 is 0. The summed E-state index contributed by atoms with van der Waals surface area (Å²) < 4.78 is 41.3. The zero-order valence-electron chi connectivity index (χ0n) is 14.5. The van der Waals surface area contributed by atoms with Crippen LogP contribution in [-0.2, 0) is 6.54 Å². The second kappa shape index (κ2) is 8.93. The van der Waals surface area contributed by atoms with Gasteiger partial charge in [0, 0.05) is 18.5 Å². The van der Waals surface area contributed by atoms with Gasteiger partial charge in [-0.25, -0.2) is 0 Å². The molecule has 0 amide bonds. The predicted molar refractivity (Wildman–Crippen MR) is 87.3 cm³/mol. The van der Waals surface area contributed by atoms with Crippen LogP contribution in [0.1, 0.15) is 45.6 Å². The van der Waals surface area contributed by atoms with Crippen LogP contribution in [-0.4, -0.2) is 24.4 Å². The fraction of sp³-hybridized carbons (Fsp3) is 0.611. The molecule has 2 rings (SSSR count). The lowest BCUT2D eigenvalue weighted by Gasteiger charge is -2.38. The molecule has 0 aliphatic carbocycles. The predicted octanol–water partition coefficient (Wildman–Crippen LogP) is 5.13. The van der Waals surface area contributed by atoms with Gasteiger partial charge >= 0.3 is 6.36 Å². The van der Waals surface area contributed by atoms with Crippen molar-refractivity contribution in [3.8, 4) is 11.8 Å². The summed E-state index contributed by atoms with van der Waals surface area (Å²) in [7, 11) is 0. The van der Waals surface area contributed by atoms with Gasteiger partial charge in [-0.15, -0.1) is 13.2 Å². The lowest BCUT2D eigenvalue weighted by molar-refractivity contribution is -0.275. The molecule has 0 spiro atoms. The van der Waals surface area contributed by atoms with Crippen LogP contribution < -0.4 is 4.74 Å². The van der Waals surface area contributed by atoms with Crippen molar-refractivity contribution < 1.29 is 17.9 Å². The molecule has 134 valence electrons. The Morgan fingerprint density at radius 2 is 1.79 bits per heavy atom. The topological polar surface area (TPSA) is 36.3 Å². The molecule has 0 bridgehead atoms. The van der Waals surface area contributed by atoms with Gasteiger partial charge in [0.1, 0.15) is 5.75 Å². The van der Waals surface area contributed by atoms with E-state index in [1.807, 2.05) is 13.8 Å². The first-order valence-electron chi connectivity index (χ1n) is 8.24. The Labute approximate surface area is 142 Å². The highest BCUT2D eigenvalue weighted by atomic mass is 19.4. The van der Waals surface area contributed by atoms with Crippen LogP contribution in [0, 0.1) is 16.7 Å². The summed E-state index contributed by atoms with van der Waals surface area (Å²) in [6.07, 6.45) is -2.40. The van der Waals surface area contributed by atoms with Crippen molar-refractivity contribution in [3.05, 3.63) is 29.8 Å². The summed E-state index contributed by atoms with van der Waals surface area (Å²) in [6.45, 7) is 8.07. The molecule has 1 heterocycles. The number of benzene rings is 1. The standard InChI is InChI=1S/C16H19F3N2O.C2H6/c1-15(6-9-20)7-10-21(11-8-15)12-13-4-2-3-5-14(13)22-16(17,18)19;1-2/h2-5H,6-8,10-12H2,1H3;1-2H3. The lowest BCUT2D eigenvalue weighted by Crippen LogP contribution is -2.38. The van der Waals surface area contributed by atoms with E-state index in [-0.39, 0.29) is 11.2 Å². The molecule has 0 aromatic heterocycles. The number of hydrogen-bond donors (Lipinski definition) is 0. The molecule has 1 aliphatic rings. The van der Waals surface area contributed by atoms with Gasteiger partial charge < -0.3 is 4.74 Å². The number of rotatable bonds is 4. The van der Waals surface area contributed by atoms with Gasteiger partial charge in [-0.05, 0) is 37.4 Å². The molecular weight excluding hydrogens is 317 g/mol. The Hall–Kier alpha value is -1.74. The zero-order valence-corrected chi connectivity index (χ0v) is 14.5. The van der Waals surface area contributed by atoms with Crippen molar-refractivity contribution in [2.45, 2.75) is 52.9 Å². The third-order valence-electron chi connectivity index (χ3n) is 4.16.